The standard InChI is InChI=1S/C25H34O8/c1-13(2)25(29)12-19(31-14(3)26)23(4)11-20-24(5,33-20)10-18(21(23)25)32-22(28)15-7-8-16(27)17(9-15)30-6/h7-9,13,18-21,27,29H,10-12H2,1-6H3/t18-,19+,20+,21-,23-,24-,25+/m0/s1. The number of aliphatic hydroxyl groups is 1. The molecular weight excluding hydrogens is 428 g/mol. The molecule has 4 rings (SSSR count). The molecule has 0 unspecified atom stereocenters. The van der Waals surface area contributed by atoms with E-state index in [9.17, 15) is 19.8 Å². The van der Waals surface area contributed by atoms with E-state index in [1.165, 1.54) is 32.2 Å². The summed E-state index contributed by atoms with van der Waals surface area (Å²) in [4.78, 5) is 25.1. The van der Waals surface area contributed by atoms with Crippen LogP contribution in [-0.2, 0) is 19.0 Å². The number of rotatable bonds is 5. The monoisotopic (exact) mass is 462 g/mol. The van der Waals surface area contributed by atoms with Crippen molar-refractivity contribution in [3.8, 4) is 11.5 Å². The van der Waals surface area contributed by atoms with Crippen LogP contribution >= 0.6 is 0 Å². The van der Waals surface area contributed by atoms with Crippen molar-refractivity contribution in [1.29, 1.82) is 0 Å². The third-order valence-corrected chi connectivity index (χ3v) is 8.12. The lowest BCUT2D eigenvalue weighted by atomic mass is 9.67. The van der Waals surface area contributed by atoms with Gasteiger partial charge in [-0.2, -0.15) is 0 Å². The molecule has 1 aromatic rings. The van der Waals surface area contributed by atoms with E-state index in [4.69, 9.17) is 18.9 Å². The molecule has 7 atom stereocenters. The van der Waals surface area contributed by atoms with Gasteiger partial charge in [0.25, 0.3) is 0 Å². The summed E-state index contributed by atoms with van der Waals surface area (Å²) >= 11 is 0. The lowest BCUT2D eigenvalue weighted by Gasteiger charge is -2.44. The lowest BCUT2D eigenvalue weighted by molar-refractivity contribution is -0.155. The average molecular weight is 463 g/mol. The minimum Gasteiger partial charge on any atom is -0.504 e. The number of hydrogen-bond donors (Lipinski definition) is 2. The number of methoxy groups -OCH3 is 1. The third kappa shape index (κ3) is 3.87. The summed E-state index contributed by atoms with van der Waals surface area (Å²) in [6.07, 6.45) is 0.0653. The van der Waals surface area contributed by atoms with Gasteiger partial charge >= 0.3 is 11.9 Å². The Morgan fingerprint density at radius 3 is 2.45 bits per heavy atom. The topological polar surface area (TPSA) is 115 Å². The van der Waals surface area contributed by atoms with Gasteiger partial charge < -0.3 is 29.2 Å². The smallest absolute Gasteiger partial charge is 0.338 e. The first-order valence-corrected chi connectivity index (χ1v) is 11.5. The van der Waals surface area contributed by atoms with E-state index in [0.29, 0.717) is 12.8 Å². The van der Waals surface area contributed by atoms with Gasteiger partial charge in [0.05, 0.1) is 30.0 Å². The number of carbonyl (C=O) groups is 2. The quantitative estimate of drug-likeness (QED) is 0.506. The molecule has 0 amide bonds. The summed E-state index contributed by atoms with van der Waals surface area (Å²) in [5.74, 6) is -1.49. The van der Waals surface area contributed by atoms with Crippen LogP contribution < -0.4 is 4.74 Å². The fourth-order valence-electron chi connectivity index (χ4n) is 6.17. The van der Waals surface area contributed by atoms with Crippen LogP contribution in [0, 0.1) is 17.3 Å². The first-order chi connectivity index (χ1) is 15.3. The molecule has 1 aliphatic heterocycles. The van der Waals surface area contributed by atoms with E-state index < -0.39 is 46.7 Å². The summed E-state index contributed by atoms with van der Waals surface area (Å²) in [5.41, 5.74) is -2.07. The maximum Gasteiger partial charge on any atom is 0.338 e. The fourth-order valence-corrected chi connectivity index (χ4v) is 6.17. The minimum absolute atomic E-state index is 0.0601. The maximum absolute atomic E-state index is 13.2. The molecule has 2 N–H and O–H groups in total. The number of hydrogen-bond acceptors (Lipinski definition) is 8. The van der Waals surface area contributed by atoms with Crippen molar-refractivity contribution in [3.05, 3.63) is 23.8 Å². The van der Waals surface area contributed by atoms with Crippen molar-refractivity contribution in [2.45, 2.75) is 83.4 Å². The van der Waals surface area contributed by atoms with Gasteiger partial charge in [-0.25, -0.2) is 4.79 Å². The second-order valence-electron chi connectivity index (χ2n) is 10.6. The molecule has 33 heavy (non-hydrogen) atoms. The van der Waals surface area contributed by atoms with Crippen molar-refractivity contribution in [3.63, 3.8) is 0 Å². The number of phenolic OH excluding ortho intramolecular Hbond substituents is 1. The van der Waals surface area contributed by atoms with E-state index in [1.54, 1.807) is 0 Å². The van der Waals surface area contributed by atoms with Crippen molar-refractivity contribution in [2.75, 3.05) is 7.11 Å². The number of aromatic hydroxyl groups is 1. The molecule has 3 aliphatic rings. The van der Waals surface area contributed by atoms with Crippen LogP contribution in [-0.4, -0.2) is 58.8 Å². The maximum atomic E-state index is 13.2. The van der Waals surface area contributed by atoms with Crippen LogP contribution in [0.5, 0.6) is 11.5 Å². The molecule has 0 radical (unpaired) electrons. The highest BCUT2D eigenvalue weighted by Crippen LogP contribution is 2.64. The molecular formula is C25H34O8. The number of carbonyl (C=O) groups excluding carboxylic acids is 2. The molecule has 2 saturated carbocycles. The molecule has 0 aromatic heterocycles. The minimum atomic E-state index is -1.19. The van der Waals surface area contributed by atoms with E-state index in [-0.39, 0.29) is 35.5 Å². The van der Waals surface area contributed by atoms with E-state index in [1.807, 2.05) is 27.7 Å². The van der Waals surface area contributed by atoms with Gasteiger partial charge in [0.2, 0.25) is 0 Å². The van der Waals surface area contributed by atoms with Crippen LogP contribution in [0.1, 0.15) is 64.2 Å². The largest absolute Gasteiger partial charge is 0.504 e. The van der Waals surface area contributed by atoms with Gasteiger partial charge in [0.15, 0.2) is 11.5 Å². The first kappa shape index (κ1) is 23.8. The summed E-state index contributed by atoms with van der Waals surface area (Å²) in [5, 5.41) is 21.8. The van der Waals surface area contributed by atoms with Gasteiger partial charge in [-0.3, -0.25) is 4.79 Å². The molecule has 1 saturated heterocycles. The van der Waals surface area contributed by atoms with Crippen LogP contribution in [0.25, 0.3) is 0 Å². The fraction of sp³-hybridized carbons (Fsp3) is 0.680. The van der Waals surface area contributed by atoms with Crippen LogP contribution in [0.4, 0.5) is 0 Å². The van der Waals surface area contributed by atoms with Crippen molar-refractivity contribution >= 4 is 11.9 Å². The summed E-state index contributed by atoms with van der Waals surface area (Å²) in [6.45, 7) is 9.23. The molecule has 0 bridgehead atoms. The molecule has 1 aromatic carbocycles. The average Bonchev–Trinajstić information content (AvgIpc) is 3.29. The lowest BCUT2D eigenvalue weighted by Crippen LogP contribution is -2.51. The zero-order valence-corrected chi connectivity index (χ0v) is 20.1. The molecule has 0 spiro atoms. The molecule has 8 heteroatoms. The normalized spacial score (nSPS) is 39.3. The van der Waals surface area contributed by atoms with Crippen LogP contribution in [0.3, 0.4) is 0 Å². The second-order valence-corrected chi connectivity index (χ2v) is 10.6. The molecule has 182 valence electrons. The molecule has 1 heterocycles. The van der Waals surface area contributed by atoms with Crippen molar-refractivity contribution in [2.24, 2.45) is 17.3 Å². The van der Waals surface area contributed by atoms with E-state index in [0.717, 1.165) is 0 Å². The number of fused-ring (bicyclic) bond motifs is 2. The number of esters is 2. The zero-order chi connectivity index (χ0) is 24.3. The highest BCUT2D eigenvalue weighted by atomic mass is 16.6. The Hall–Kier alpha value is -2.32. The van der Waals surface area contributed by atoms with Crippen LogP contribution in [0.15, 0.2) is 18.2 Å². The number of phenols is 1. The Bertz CT molecular complexity index is 960. The SMILES string of the molecule is COc1cc(C(=O)O[C@H]2C[C@]3(C)O[C@@H]3C[C@@]3(C)[C@H](OC(C)=O)C[C@@](O)(C(C)C)[C@@H]23)ccc1O. The predicted octanol–water partition coefficient (Wildman–Crippen LogP) is 3.22. The first-order valence-electron chi connectivity index (χ1n) is 11.5. The van der Waals surface area contributed by atoms with Gasteiger partial charge in [0, 0.05) is 31.1 Å². The van der Waals surface area contributed by atoms with Gasteiger partial charge in [0.1, 0.15) is 12.2 Å². The van der Waals surface area contributed by atoms with E-state index in [2.05, 4.69) is 0 Å². The zero-order valence-electron chi connectivity index (χ0n) is 20.1. The summed E-state index contributed by atoms with van der Waals surface area (Å²) in [6, 6.07) is 4.28. The number of ether oxygens (including phenoxy) is 4. The van der Waals surface area contributed by atoms with Crippen LogP contribution in [0.2, 0.25) is 0 Å². The molecule has 8 nitrogen and oxygen atoms in total. The van der Waals surface area contributed by atoms with Crippen molar-refractivity contribution in [1.82, 2.24) is 0 Å². The summed E-state index contributed by atoms with van der Waals surface area (Å²) in [7, 11) is 1.41. The predicted molar refractivity (Wildman–Crippen MR) is 118 cm³/mol. The van der Waals surface area contributed by atoms with Gasteiger partial charge in [-0.1, -0.05) is 20.8 Å². The van der Waals surface area contributed by atoms with Gasteiger partial charge in [-0.15, -0.1) is 0 Å². The molecule has 2 aliphatic carbocycles. The van der Waals surface area contributed by atoms with E-state index >= 15 is 0 Å². The third-order valence-electron chi connectivity index (χ3n) is 8.12. The molecule has 3 fully saturated rings. The highest BCUT2D eigenvalue weighted by molar-refractivity contribution is 5.90. The highest BCUT2D eigenvalue weighted by Gasteiger charge is 2.71. The Morgan fingerprint density at radius 1 is 1.15 bits per heavy atom. The Balaban J connectivity index is 1.73. The summed E-state index contributed by atoms with van der Waals surface area (Å²) < 4.78 is 22.9. The van der Waals surface area contributed by atoms with Crippen molar-refractivity contribution < 1.29 is 38.7 Å². The Labute approximate surface area is 194 Å². The number of benzene rings is 1. The number of epoxide rings is 1. The Kier molecular flexibility index (Phi) is 5.69. The Morgan fingerprint density at radius 2 is 1.85 bits per heavy atom. The van der Waals surface area contributed by atoms with Gasteiger partial charge in [-0.05, 0) is 37.5 Å². The second kappa shape index (κ2) is 7.87.